The van der Waals surface area contributed by atoms with Crippen molar-refractivity contribution in [3.8, 4) is 0 Å². The standard InChI is InChI=1S/C14H14N2O/c15-10-3-1-8-5-9-2-4-11(16)7-13(9)14(17)12(8)6-10/h1-4,6-7,14,17H,5,15-16H2. The molecule has 2 aromatic carbocycles. The lowest BCUT2D eigenvalue weighted by atomic mass is 9.83. The van der Waals surface area contributed by atoms with E-state index in [1.165, 1.54) is 0 Å². The zero-order valence-electron chi connectivity index (χ0n) is 9.35. The molecule has 0 amide bonds. The van der Waals surface area contributed by atoms with Gasteiger partial charge in [0.2, 0.25) is 0 Å². The average molecular weight is 226 g/mol. The molecule has 0 saturated carbocycles. The molecule has 5 N–H and O–H groups in total. The fraction of sp³-hybridized carbons (Fsp3) is 0.143. The molecular weight excluding hydrogens is 212 g/mol. The summed E-state index contributed by atoms with van der Waals surface area (Å²) in [6.45, 7) is 0. The molecule has 0 atom stereocenters. The fourth-order valence-corrected chi connectivity index (χ4v) is 2.43. The van der Waals surface area contributed by atoms with E-state index in [1.807, 2.05) is 36.4 Å². The molecule has 0 saturated heterocycles. The van der Waals surface area contributed by atoms with Gasteiger partial charge >= 0.3 is 0 Å². The molecule has 0 spiro atoms. The molecular formula is C14H14N2O. The molecule has 0 unspecified atom stereocenters. The van der Waals surface area contributed by atoms with Crippen LogP contribution in [0.5, 0.6) is 0 Å². The Bertz CT molecular complexity index is 541. The van der Waals surface area contributed by atoms with Crippen LogP contribution < -0.4 is 11.5 Å². The van der Waals surface area contributed by atoms with Crippen molar-refractivity contribution in [2.75, 3.05) is 11.5 Å². The first-order valence-corrected chi connectivity index (χ1v) is 5.60. The largest absolute Gasteiger partial charge is 0.399 e. The van der Waals surface area contributed by atoms with Gasteiger partial charge in [-0.05, 0) is 52.9 Å². The van der Waals surface area contributed by atoms with Crippen molar-refractivity contribution >= 4 is 11.4 Å². The summed E-state index contributed by atoms with van der Waals surface area (Å²) < 4.78 is 0. The van der Waals surface area contributed by atoms with E-state index in [1.54, 1.807) is 0 Å². The van der Waals surface area contributed by atoms with E-state index >= 15 is 0 Å². The summed E-state index contributed by atoms with van der Waals surface area (Å²) in [5, 5.41) is 10.4. The summed E-state index contributed by atoms with van der Waals surface area (Å²) in [5.74, 6) is 0. The lowest BCUT2D eigenvalue weighted by Gasteiger charge is -2.25. The van der Waals surface area contributed by atoms with Crippen molar-refractivity contribution < 1.29 is 5.11 Å². The number of nitrogen functional groups attached to an aromatic ring is 2. The van der Waals surface area contributed by atoms with Crippen molar-refractivity contribution in [2.45, 2.75) is 12.5 Å². The molecule has 17 heavy (non-hydrogen) atoms. The Kier molecular flexibility index (Phi) is 2.09. The van der Waals surface area contributed by atoms with Gasteiger partial charge in [0, 0.05) is 11.4 Å². The van der Waals surface area contributed by atoms with Crippen molar-refractivity contribution in [1.82, 2.24) is 0 Å². The number of aliphatic hydroxyl groups is 1. The predicted molar refractivity (Wildman–Crippen MR) is 68.6 cm³/mol. The summed E-state index contributed by atoms with van der Waals surface area (Å²) in [6, 6.07) is 11.4. The highest BCUT2D eigenvalue weighted by atomic mass is 16.3. The lowest BCUT2D eigenvalue weighted by molar-refractivity contribution is 0.215. The average Bonchev–Trinajstić information content (AvgIpc) is 2.32. The predicted octanol–water partition coefficient (Wildman–Crippen LogP) is 1.84. The van der Waals surface area contributed by atoms with E-state index in [-0.39, 0.29) is 0 Å². The molecule has 0 bridgehead atoms. The number of hydrogen-bond acceptors (Lipinski definition) is 3. The molecule has 0 radical (unpaired) electrons. The van der Waals surface area contributed by atoms with Gasteiger partial charge in [0.25, 0.3) is 0 Å². The molecule has 2 aromatic rings. The quantitative estimate of drug-likeness (QED) is 0.600. The summed E-state index contributed by atoms with van der Waals surface area (Å²) >= 11 is 0. The zero-order valence-corrected chi connectivity index (χ0v) is 9.35. The molecule has 0 fully saturated rings. The maximum absolute atomic E-state index is 10.4. The molecule has 1 aliphatic carbocycles. The third-order valence-corrected chi connectivity index (χ3v) is 3.31. The van der Waals surface area contributed by atoms with Crippen LogP contribution in [0.1, 0.15) is 28.4 Å². The van der Waals surface area contributed by atoms with Crippen molar-refractivity contribution in [1.29, 1.82) is 0 Å². The maximum atomic E-state index is 10.4. The third-order valence-electron chi connectivity index (χ3n) is 3.31. The number of benzene rings is 2. The van der Waals surface area contributed by atoms with Gasteiger partial charge in [-0.3, -0.25) is 0 Å². The minimum atomic E-state index is -0.624. The second-order valence-electron chi connectivity index (χ2n) is 4.50. The van der Waals surface area contributed by atoms with Crippen LogP contribution in [0.25, 0.3) is 0 Å². The smallest absolute Gasteiger partial charge is 0.105 e. The van der Waals surface area contributed by atoms with Gasteiger partial charge in [-0.2, -0.15) is 0 Å². The summed E-state index contributed by atoms with van der Waals surface area (Å²) in [6.07, 6.45) is 0.197. The molecule has 0 heterocycles. The first-order valence-electron chi connectivity index (χ1n) is 5.60. The van der Waals surface area contributed by atoms with E-state index in [4.69, 9.17) is 11.5 Å². The Morgan fingerprint density at radius 1 is 0.882 bits per heavy atom. The van der Waals surface area contributed by atoms with E-state index in [9.17, 15) is 5.11 Å². The molecule has 3 nitrogen and oxygen atoms in total. The van der Waals surface area contributed by atoms with Gasteiger partial charge in [-0.25, -0.2) is 0 Å². The maximum Gasteiger partial charge on any atom is 0.105 e. The SMILES string of the molecule is Nc1ccc2c(c1)C(O)c1cc(N)ccc1C2. The number of aliphatic hydroxyl groups excluding tert-OH is 1. The van der Waals surface area contributed by atoms with E-state index in [2.05, 4.69) is 0 Å². The van der Waals surface area contributed by atoms with Crippen LogP contribution in [-0.4, -0.2) is 5.11 Å². The minimum absolute atomic E-state index is 0.624. The molecule has 0 aromatic heterocycles. The van der Waals surface area contributed by atoms with Crippen LogP contribution in [0.3, 0.4) is 0 Å². The Balaban J connectivity index is 2.18. The van der Waals surface area contributed by atoms with Crippen LogP contribution in [0.2, 0.25) is 0 Å². The molecule has 1 aliphatic rings. The first kappa shape index (κ1) is 10.2. The van der Waals surface area contributed by atoms with Gasteiger partial charge in [0.05, 0.1) is 0 Å². The normalized spacial score (nSPS) is 14.2. The van der Waals surface area contributed by atoms with Gasteiger partial charge in [0.15, 0.2) is 0 Å². The fourth-order valence-electron chi connectivity index (χ4n) is 2.43. The molecule has 3 heteroatoms. The number of rotatable bonds is 0. The Hall–Kier alpha value is -2.00. The van der Waals surface area contributed by atoms with Gasteiger partial charge in [-0.15, -0.1) is 0 Å². The van der Waals surface area contributed by atoms with Crippen LogP contribution in [-0.2, 0) is 6.42 Å². The first-order chi connectivity index (χ1) is 8.15. The van der Waals surface area contributed by atoms with E-state index < -0.39 is 6.10 Å². The third kappa shape index (κ3) is 1.56. The number of anilines is 2. The zero-order chi connectivity index (χ0) is 12.0. The van der Waals surface area contributed by atoms with Crippen LogP contribution in [0, 0.1) is 0 Å². The second-order valence-corrected chi connectivity index (χ2v) is 4.50. The van der Waals surface area contributed by atoms with Crippen molar-refractivity contribution in [3.63, 3.8) is 0 Å². The summed E-state index contributed by atoms with van der Waals surface area (Å²) in [7, 11) is 0. The van der Waals surface area contributed by atoms with E-state index in [0.717, 1.165) is 28.7 Å². The lowest BCUT2D eigenvalue weighted by Crippen LogP contribution is -2.14. The molecule has 0 aliphatic heterocycles. The van der Waals surface area contributed by atoms with Crippen molar-refractivity contribution in [3.05, 3.63) is 58.7 Å². The van der Waals surface area contributed by atoms with E-state index in [0.29, 0.717) is 11.4 Å². The van der Waals surface area contributed by atoms with Crippen LogP contribution >= 0.6 is 0 Å². The highest BCUT2D eigenvalue weighted by molar-refractivity contribution is 5.56. The Morgan fingerprint density at radius 3 is 1.82 bits per heavy atom. The number of fused-ring (bicyclic) bond motifs is 2. The van der Waals surface area contributed by atoms with Gasteiger partial charge < -0.3 is 16.6 Å². The van der Waals surface area contributed by atoms with Crippen LogP contribution in [0.4, 0.5) is 11.4 Å². The van der Waals surface area contributed by atoms with Gasteiger partial charge in [-0.1, -0.05) is 12.1 Å². The number of hydrogen-bond donors (Lipinski definition) is 3. The van der Waals surface area contributed by atoms with Gasteiger partial charge in [0.1, 0.15) is 6.10 Å². The summed E-state index contributed by atoms with van der Waals surface area (Å²) in [5.41, 5.74) is 16.9. The topological polar surface area (TPSA) is 72.3 Å². The molecule has 86 valence electrons. The van der Waals surface area contributed by atoms with Crippen LogP contribution in [0.15, 0.2) is 36.4 Å². The Morgan fingerprint density at radius 2 is 1.35 bits per heavy atom. The highest BCUT2D eigenvalue weighted by Gasteiger charge is 2.23. The second kappa shape index (κ2) is 3.50. The molecule has 3 rings (SSSR count). The summed E-state index contributed by atoms with van der Waals surface area (Å²) in [4.78, 5) is 0. The van der Waals surface area contributed by atoms with Crippen molar-refractivity contribution in [2.24, 2.45) is 0 Å². The highest BCUT2D eigenvalue weighted by Crippen LogP contribution is 2.36. The monoisotopic (exact) mass is 226 g/mol. The Labute approximate surface area is 99.7 Å². The number of nitrogens with two attached hydrogens (primary N) is 2. The minimum Gasteiger partial charge on any atom is -0.399 e.